The predicted octanol–water partition coefficient (Wildman–Crippen LogP) is 2.18. The summed E-state index contributed by atoms with van der Waals surface area (Å²) < 4.78 is 0. The summed E-state index contributed by atoms with van der Waals surface area (Å²) in [7, 11) is 0. The second-order valence-electron chi connectivity index (χ2n) is 6.11. The molecule has 0 aromatic carbocycles. The number of hydrogen-bond acceptors (Lipinski definition) is 4. The summed E-state index contributed by atoms with van der Waals surface area (Å²) in [4.78, 5) is 11.6. The van der Waals surface area contributed by atoms with Gasteiger partial charge in [0.25, 0.3) is 0 Å². The highest BCUT2D eigenvalue weighted by atomic mass is 15.2. The zero-order valence-corrected chi connectivity index (χ0v) is 12.7. The van der Waals surface area contributed by atoms with Gasteiger partial charge in [0.15, 0.2) is 0 Å². The van der Waals surface area contributed by atoms with Gasteiger partial charge in [0.1, 0.15) is 0 Å². The second kappa shape index (κ2) is 6.08. The van der Waals surface area contributed by atoms with Crippen molar-refractivity contribution in [1.82, 2.24) is 15.3 Å². The Kier molecular flexibility index (Phi) is 4.20. The van der Waals surface area contributed by atoms with Gasteiger partial charge in [0.05, 0.1) is 0 Å². The fraction of sp³-hybridized carbons (Fsp3) is 0.750. The highest BCUT2D eigenvalue weighted by molar-refractivity contribution is 5.34. The third kappa shape index (κ3) is 3.11. The van der Waals surface area contributed by atoms with Crippen LogP contribution in [0.5, 0.6) is 0 Å². The Hall–Kier alpha value is -1.16. The maximum Gasteiger partial charge on any atom is 0.225 e. The first kappa shape index (κ1) is 13.8. The zero-order chi connectivity index (χ0) is 13.9. The van der Waals surface area contributed by atoms with Crippen molar-refractivity contribution in [2.75, 3.05) is 24.5 Å². The summed E-state index contributed by atoms with van der Waals surface area (Å²) in [5, 5.41) is 3.66. The maximum absolute atomic E-state index is 4.79. The lowest BCUT2D eigenvalue weighted by Crippen LogP contribution is -2.30. The van der Waals surface area contributed by atoms with Crippen LogP contribution in [0.25, 0.3) is 0 Å². The molecule has 1 heterocycles. The molecule has 1 N–H and O–H groups in total. The van der Waals surface area contributed by atoms with Crippen molar-refractivity contribution in [3.63, 3.8) is 0 Å². The van der Waals surface area contributed by atoms with E-state index in [-0.39, 0.29) is 0 Å². The molecule has 1 unspecified atom stereocenters. The summed E-state index contributed by atoms with van der Waals surface area (Å²) in [5.74, 6) is 1.68. The zero-order valence-electron chi connectivity index (χ0n) is 12.7. The molecule has 110 valence electrons. The van der Waals surface area contributed by atoms with Crippen LogP contribution in [-0.2, 0) is 12.8 Å². The first-order valence-electron chi connectivity index (χ1n) is 8.13. The first-order valence-corrected chi connectivity index (χ1v) is 8.13. The molecule has 2 aliphatic carbocycles. The number of anilines is 1. The predicted molar refractivity (Wildman–Crippen MR) is 82.1 cm³/mol. The monoisotopic (exact) mass is 274 g/mol. The van der Waals surface area contributed by atoms with Gasteiger partial charge in [-0.25, -0.2) is 9.97 Å². The average Bonchev–Trinajstić information content (AvgIpc) is 3.30. The summed E-state index contributed by atoms with van der Waals surface area (Å²) >= 11 is 0. The Labute approximate surface area is 122 Å². The van der Waals surface area contributed by atoms with Gasteiger partial charge >= 0.3 is 0 Å². The number of fused-ring (bicyclic) bond motifs is 1. The Bertz CT molecular complexity index is 452. The number of hydrogen-bond donors (Lipinski definition) is 1. The van der Waals surface area contributed by atoms with Crippen LogP contribution in [0.3, 0.4) is 0 Å². The second-order valence-corrected chi connectivity index (χ2v) is 6.11. The first-order chi connectivity index (χ1) is 9.80. The van der Waals surface area contributed by atoms with Crippen molar-refractivity contribution in [2.45, 2.75) is 52.0 Å². The van der Waals surface area contributed by atoms with Gasteiger partial charge in [-0.2, -0.15) is 0 Å². The summed E-state index contributed by atoms with van der Waals surface area (Å²) in [6.07, 6.45) is 8.34. The van der Waals surface area contributed by atoms with Crippen LogP contribution in [0.2, 0.25) is 0 Å². The smallest absolute Gasteiger partial charge is 0.225 e. The molecule has 1 atom stereocenters. The van der Waals surface area contributed by atoms with Crippen LogP contribution in [0.4, 0.5) is 5.95 Å². The van der Waals surface area contributed by atoms with Gasteiger partial charge in [-0.1, -0.05) is 0 Å². The van der Waals surface area contributed by atoms with Crippen LogP contribution in [0.1, 0.15) is 44.4 Å². The fourth-order valence-electron chi connectivity index (χ4n) is 3.03. The quantitative estimate of drug-likeness (QED) is 0.863. The highest BCUT2D eigenvalue weighted by Crippen LogP contribution is 2.26. The van der Waals surface area contributed by atoms with Crippen molar-refractivity contribution in [3.8, 4) is 0 Å². The molecule has 3 rings (SSSR count). The molecule has 0 saturated heterocycles. The molecule has 4 heteroatoms. The van der Waals surface area contributed by atoms with Crippen molar-refractivity contribution >= 4 is 5.95 Å². The maximum atomic E-state index is 4.79. The van der Waals surface area contributed by atoms with E-state index < -0.39 is 0 Å². The van der Waals surface area contributed by atoms with Crippen molar-refractivity contribution in [1.29, 1.82) is 0 Å². The van der Waals surface area contributed by atoms with Crippen molar-refractivity contribution in [2.24, 2.45) is 5.92 Å². The number of aryl methyl sites for hydroxylation is 1. The number of aromatic nitrogens is 2. The van der Waals surface area contributed by atoms with E-state index in [2.05, 4.69) is 35.2 Å². The lowest BCUT2D eigenvalue weighted by Gasteiger charge is -2.26. The number of nitrogens with zero attached hydrogens (tertiary/aromatic N) is 3. The van der Waals surface area contributed by atoms with E-state index in [4.69, 9.17) is 4.98 Å². The minimum absolute atomic E-state index is 0.769. The molecule has 20 heavy (non-hydrogen) atoms. The molecule has 4 nitrogen and oxygen atoms in total. The Morgan fingerprint density at radius 3 is 2.75 bits per heavy atom. The molecule has 1 fully saturated rings. The fourth-order valence-corrected chi connectivity index (χ4v) is 3.03. The molecule has 0 amide bonds. The van der Waals surface area contributed by atoms with Gasteiger partial charge in [0, 0.05) is 31.0 Å². The van der Waals surface area contributed by atoms with Crippen LogP contribution < -0.4 is 10.2 Å². The SMILES string of the molecule is CCN(CC)c1ncc2c(n1)CCC(CNC1CC1)C2. The molecular formula is C16H26N4. The van der Waals surface area contributed by atoms with Crippen LogP contribution in [0, 0.1) is 5.92 Å². The summed E-state index contributed by atoms with van der Waals surface area (Å²) in [6, 6.07) is 0.817. The Morgan fingerprint density at radius 1 is 1.25 bits per heavy atom. The third-order valence-electron chi connectivity index (χ3n) is 4.56. The number of rotatable bonds is 6. The largest absolute Gasteiger partial charge is 0.341 e. The van der Waals surface area contributed by atoms with Crippen molar-refractivity contribution < 1.29 is 0 Å². The topological polar surface area (TPSA) is 41.1 Å². The summed E-state index contributed by atoms with van der Waals surface area (Å²) in [6.45, 7) is 7.44. The van der Waals surface area contributed by atoms with Gasteiger partial charge in [-0.15, -0.1) is 0 Å². The molecular weight excluding hydrogens is 248 g/mol. The lowest BCUT2D eigenvalue weighted by atomic mass is 9.87. The molecule has 2 aliphatic rings. The van der Waals surface area contributed by atoms with E-state index in [0.29, 0.717) is 0 Å². The highest BCUT2D eigenvalue weighted by Gasteiger charge is 2.25. The minimum Gasteiger partial charge on any atom is -0.341 e. The van der Waals surface area contributed by atoms with E-state index in [0.717, 1.165) is 43.8 Å². The van der Waals surface area contributed by atoms with Gasteiger partial charge < -0.3 is 10.2 Å². The molecule has 1 aromatic heterocycles. The third-order valence-corrected chi connectivity index (χ3v) is 4.56. The molecule has 0 bridgehead atoms. The van der Waals surface area contributed by atoms with Gasteiger partial charge in [0.2, 0.25) is 5.95 Å². The Morgan fingerprint density at radius 2 is 2.05 bits per heavy atom. The van der Waals surface area contributed by atoms with Gasteiger partial charge in [-0.3, -0.25) is 0 Å². The van der Waals surface area contributed by atoms with Crippen molar-refractivity contribution in [3.05, 3.63) is 17.5 Å². The minimum atomic E-state index is 0.769. The Balaban J connectivity index is 1.64. The molecule has 1 saturated carbocycles. The number of nitrogens with one attached hydrogen (secondary N) is 1. The molecule has 0 aliphatic heterocycles. The van der Waals surface area contributed by atoms with Crippen LogP contribution in [-0.4, -0.2) is 35.6 Å². The summed E-state index contributed by atoms with van der Waals surface area (Å²) in [5.41, 5.74) is 2.65. The van der Waals surface area contributed by atoms with E-state index >= 15 is 0 Å². The van der Waals surface area contributed by atoms with Gasteiger partial charge in [-0.05, 0) is 64.0 Å². The standard InChI is InChI=1S/C16H26N4/c1-3-20(4-2)16-18-11-13-9-12(5-8-15(13)19-16)10-17-14-6-7-14/h11-12,14,17H,3-10H2,1-2H3. The van der Waals surface area contributed by atoms with Crippen LogP contribution in [0.15, 0.2) is 6.20 Å². The van der Waals surface area contributed by atoms with Crippen LogP contribution >= 0.6 is 0 Å². The molecule has 0 radical (unpaired) electrons. The van der Waals surface area contributed by atoms with E-state index in [1.165, 1.54) is 37.1 Å². The molecule has 1 aromatic rings. The molecule has 0 spiro atoms. The lowest BCUT2D eigenvalue weighted by molar-refractivity contribution is 0.418. The normalized spacial score (nSPS) is 21.6. The van der Waals surface area contributed by atoms with E-state index in [1.807, 2.05) is 0 Å². The van der Waals surface area contributed by atoms with E-state index in [9.17, 15) is 0 Å². The average molecular weight is 274 g/mol. The van der Waals surface area contributed by atoms with E-state index in [1.54, 1.807) is 0 Å².